The molecular weight excluding hydrogens is 180 g/mol. The van der Waals surface area contributed by atoms with Crippen molar-refractivity contribution in [2.75, 3.05) is 12.8 Å². The average molecular weight is 194 g/mol. The molecule has 0 rings (SSSR count). The Morgan fingerprint density at radius 1 is 1.67 bits per heavy atom. The van der Waals surface area contributed by atoms with Gasteiger partial charge in [-0.25, -0.2) is 0 Å². The lowest BCUT2D eigenvalue weighted by molar-refractivity contribution is -0.137. The summed E-state index contributed by atoms with van der Waals surface area (Å²) >= 11 is 3.65. The number of rotatable bonds is 2. The fraction of sp³-hybridized carbons (Fsp3) is 0.667. The molecule has 0 aromatic rings. The molecule has 0 radical (unpaired) electrons. The van der Waals surface area contributed by atoms with Crippen LogP contribution in [-0.2, 0) is 9.59 Å². The van der Waals surface area contributed by atoms with E-state index in [-0.39, 0.29) is 11.7 Å². The van der Waals surface area contributed by atoms with Gasteiger partial charge in [0.1, 0.15) is 6.04 Å². The molecule has 0 heterocycles. The zero-order valence-electron chi connectivity index (χ0n) is 7.07. The van der Waals surface area contributed by atoms with E-state index in [4.69, 9.17) is 10.8 Å². The van der Waals surface area contributed by atoms with Crippen molar-refractivity contribution in [3.05, 3.63) is 0 Å². The Balaban J connectivity index is 0. The summed E-state index contributed by atoms with van der Waals surface area (Å²) in [6.45, 7) is 1.47. The van der Waals surface area contributed by atoms with Crippen molar-refractivity contribution >= 4 is 24.5 Å². The molecular formula is C6H14N2O3S. The maximum atomic E-state index is 9.76. The second-order valence-electron chi connectivity index (χ2n) is 1.93. The number of carbonyl (C=O) groups is 2. The summed E-state index contributed by atoms with van der Waals surface area (Å²) in [7, 11) is 1.60. The number of aliphatic carboxylic acids is 1. The Morgan fingerprint density at radius 3 is 2.00 bits per heavy atom. The van der Waals surface area contributed by atoms with Crippen molar-refractivity contribution in [3.63, 3.8) is 0 Å². The molecule has 5 nitrogen and oxygen atoms in total. The molecule has 4 N–H and O–H groups in total. The van der Waals surface area contributed by atoms with E-state index in [1.165, 1.54) is 6.92 Å². The first-order valence-electron chi connectivity index (χ1n) is 3.23. The number of thiol groups is 1. The molecule has 0 aromatic carbocycles. The highest BCUT2D eigenvalue weighted by molar-refractivity contribution is 7.80. The van der Waals surface area contributed by atoms with Gasteiger partial charge in [0.2, 0.25) is 5.91 Å². The predicted octanol–water partition coefficient (Wildman–Crippen LogP) is -0.920. The summed E-state index contributed by atoms with van der Waals surface area (Å²) in [4.78, 5) is 19.5. The van der Waals surface area contributed by atoms with E-state index < -0.39 is 12.0 Å². The predicted molar refractivity (Wildman–Crippen MR) is 49.2 cm³/mol. The molecule has 0 aliphatic carbocycles. The summed E-state index contributed by atoms with van der Waals surface area (Å²) in [6.07, 6.45) is 0. The normalized spacial score (nSPS) is 10.7. The van der Waals surface area contributed by atoms with Crippen molar-refractivity contribution in [2.45, 2.75) is 13.0 Å². The van der Waals surface area contributed by atoms with Gasteiger partial charge >= 0.3 is 5.97 Å². The van der Waals surface area contributed by atoms with Crippen LogP contribution in [0.3, 0.4) is 0 Å². The van der Waals surface area contributed by atoms with E-state index >= 15 is 0 Å². The number of hydrogen-bond acceptors (Lipinski definition) is 4. The quantitative estimate of drug-likeness (QED) is 0.428. The second kappa shape index (κ2) is 8.35. The van der Waals surface area contributed by atoms with E-state index in [0.717, 1.165) is 0 Å². The van der Waals surface area contributed by atoms with Gasteiger partial charge < -0.3 is 16.2 Å². The van der Waals surface area contributed by atoms with E-state index in [2.05, 4.69) is 17.9 Å². The largest absolute Gasteiger partial charge is 0.480 e. The van der Waals surface area contributed by atoms with E-state index in [0.29, 0.717) is 0 Å². The molecule has 0 spiro atoms. The van der Waals surface area contributed by atoms with Gasteiger partial charge in [-0.15, -0.1) is 0 Å². The molecule has 0 saturated heterocycles. The van der Waals surface area contributed by atoms with Crippen molar-refractivity contribution in [2.24, 2.45) is 5.73 Å². The Hall–Kier alpha value is -0.750. The maximum Gasteiger partial charge on any atom is 0.321 e. The molecule has 0 aliphatic heterocycles. The van der Waals surface area contributed by atoms with Gasteiger partial charge in [-0.05, 0) is 0 Å². The second-order valence-corrected chi connectivity index (χ2v) is 2.30. The van der Waals surface area contributed by atoms with Crippen LogP contribution in [-0.4, -0.2) is 35.8 Å². The minimum Gasteiger partial charge on any atom is -0.480 e. The molecule has 0 aromatic heterocycles. The summed E-state index contributed by atoms with van der Waals surface area (Å²) < 4.78 is 0. The highest BCUT2D eigenvalue weighted by Gasteiger charge is 2.06. The number of amides is 1. The molecule has 1 unspecified atom stereocenters. The van der Waals surface area contributed by atoms with Gasteiger partial charge in [0.15, 0.2) is 0 Å². The molecule has 1 amide bonds. The molecule has 0 aliphatic rings. The minimum absolute atomic E-state index is 0.00463. The number of carboxylic acids is 1. The first kappa shape index (κ1) is 13.8. The van der Waals surface area contributed by atoms with Crippen LogP contribution < -0.4 is 11.1 Å². The summed E-state index contributed by atoms with van der Waals surface area (Å²) in [5.74, 6) is -0.810. The van der Waals surface area contributed by atoms with E-state index in [9.17, 15) is 9.59 Å². The van der Waals surface area contributed by atoms with Crippen LogP contribution in [0.15, 0.2) is 0 Å². The topological polar surface area (TPSA) is 92.4 Å². The molecule has 0 fully saturated rings. The third kappa shape index (κ3) is 12.0. The van der Waals surface area contributed by atoms with E-state index in [1.807, 2.05) is 0 Å². The Kier molecular flexibility index (Phi) is 9.61. The maximum absolute atomic E-state index is 9.76. The van der Waals surface area contributed by atoms with Gasteiger partial charge in [-0.1, -0.05) is 0 Å². The van der Waals surface area contributed by atoms with Crippen molar-refractivity contribution < 1.29 is 14.7 Å². The minimum atomic E-state index is -1.00. The third-order valence-corrected chi connectivity index (χ3v) is 1.26. The van der Waals surface area contributed by atoms with Crippen molar-refractivity contribution in [1.82, 2.24) is 5.32 Å². The van der Waals surface area contributed by atoms with Gasteiger partial charge in [0.25, 0.3) is 0 Å². The molecule has 1 atom stereocenters. The molecule has 0 saturated carbocycles. The van der Waals surface area contributed by atoms with Crippen LogP contribution in [0.1, 0.15) is 6.92 Å². The molecule has 72 valence electrons. The fourth-order valence-corrected chi connectivity index (χ4v) is 0.234. The molecule has 0 bridgehead atoms. The fourth-order valence-electron chi connectivity index (χ4n) is 0.0781. The average Bonchev–Trinajstić information content (AvgIpc) is 2.04. The van der Waals surface area contributed by atoms with Crippen LogP contribution in [0.5, 0.6) is 0 Å². The van der Waals surface area contributed by atoms with Crippen molar-refractivity contribution in [1.29, 1.82) is 0 Å². The SMILES string of the molecule is CNC(C)=O.NC(CS)C(=O)O. The number of carboxylic acid groups (broad SMARTS) is 1. The number of nitrogens with one attached hydrogen (secondary N) is 1. The summed E-state index contributed by atoms with van der Waals surface area (Å²) in [6, 6.07) is -0.816. The lowest BCUT2D eigenvalue weighted by atomic mass is 10.4. The van der Waals surface area contributed by atoms with Gasteiger partial charge in [-0.2, -0.15) is 12.6 Å². The standard InChI is InChI=1S/C3H7NO2S.C3H7NO/c4-2(1-7)3(5)6;1-3(5)4-2/h2,7H,1,4H2,(H,5,6);1-2H3,(H,4,5). The molecule has 6 heteroatoms. The van der Waals surface area contributed by atoms with Crippen molar-refractivity contribution in [3.8, 4) is 0 Å². The van der Waals surface area contributed by atoms with Crippen LogP contribution >= 0.6 is 12.6 Å². The Bertz CT molecular complexity index is 152. The zero-order valence-corrected chi connectivity index (χ0v) is 7.97. The van der Waals surface area contributed by atoms with Crippen LogP contribution in [0.25, 0.3) is 0 Å². The smallest absolute Gasteiger partial charge is 0.321 e. The summed E-state index contributed by atoms with van der Waals surface area (Å²) in [5.41, 5.74) is 4.94. The zero-order chi connectivity index (χ0) is 10.1. The monoisotopic (exact) mass is 194 g/mol. The van der Waals surface area contributed by atoms with Gasteiger partial charge in [-0.3, -0.25) is 9.59 Å². The molecule has 12 heavy (non-hydrogen) atoms. The summed E-state index contributed by atoms with van der Waals surface area (Å²) in [5, 5.41) is 10.4. The Labute approximate surface area is 76.7 Å². The van der Waals surface area contributed by atoms with Crippen LogP contribution in [0.4, 0.5) is 0 Å². The van der Waals surface area contributed by atoms with Gasteiger partial charge in [0.05, 0.1) is 0 Å². The first-order chi connectivity index (χ1) is 5.45. The number of nitrogens with two attached hydrogens (primary N) is 1. The van der Waals surface area contributed by atoms with E-state index in [1.54, 1.807) is 7.05 Å². The van der Waals surface area contributed by atoms with Crippen LogP contribution in [0.2, 0.25) is 0 Å². The highest BCUT2D eigenvalue weighted by atomic mass is 32.1. The lowest BCUT2D eigenvalue weighted by Gasteiger charge is -1.96. The first-order valence-corrected chi connectivity index (χ1v) is 3.86. The van der Waals surface area contributed by atoms with Crippen LogP contribution in [0, 0.1) is 0 Å². The van der Waals surface area contributed by atoms with Gasteiger partial charge in [0, 0.05) is 19.7 Å². The lowest BCUT2D eigenvalue weighted by Crippen LogP contribution is -2.31. The Morgan fingerprint density at radius 2 is 2.00 bits per heavy atom. The number of hydrogen-bond donors (Lipinski definition) is 4. The number of carbonyl (C=O) groups excluding carboxylic acids is 1. The highest BCUT2D eigenvalue weighted by Crippen LogP contribution is 1.80. The third-order valence-electron chi connectivity index (χ3n) is 0.866.